The van der Waals surface area contributed by atoms with E-state index < -0.39 is 0 Å². The maximum atomic E-state index is 10.6. The lowest BCUT2D eigenvalue weighted by molar-refractivity contribution is -0.104. The molecule has 0 atom stereocenters. The SMILES string of the molecule is CC(C)(C)/C(=C/C=O)c1cccc(O)c1. The van der Waals surface area contributed by atoms with Crippen molar-refractivity contribution in [3.63, 3.8) is 0 Å². The standard InChI is InChI=1S/C13H16O2/c1-13(2,3)12(7-8-14)10-5-4-6-11(15)9-10/h4-9,15H,1-3H3/b12-7+. The van der Waals surface area contributed by atoms with Gasteiger partial charge < -0.3 is 5.11 Å². The second-order valence-corrected chi connectivity index (χ2v) is 4.52. The Morgan fingerprint density at radius 3 is 2.47 bits per heavy atom. The van der Waals surface area contributed by atoms with Crippen LogP contribution in [-0.4, -0.2) is 11.4 Å². The highest BCUT2D eigenvalue weighted by Gasteiger charge is 2.18. The van der Waals surface area contributed by atoms with Crippen molar-refractivity contribution in [3.05, 3.63) is 35.9 Å². The van der Waals surface area contributed by atoms with Crippen molar-refractivity contribution in [1.29, 1.82) is 0 Å². The minimum atomic E-state index is -0.116. The van der Waals surface area contributed by atoms with E-state index in [0.29, 0.717) is 0 Å². The van der Waals surface area contributed by atoms with Crippen LogP contribution in [0.4, 0.5) is 0 Å². The van der Waals surface area contributed by atoms with E-state index in [1.165, 1.54) is 0 Å². The molecule has 0 spiro atoms. The largest absolute Gasteiger partial charge is 0.508 e. The minimum Gasteiger partial charge on any atom is -0.508 e. The molecular weight excluding hydrogens is 188 g/mol. The summed E-state index contributed by atoms with van der Waals surface area (Å²) in [6.07, 6.45) is 2.33. The number of aromatic hydroxyl groups is 1. The van der Waals surface area contributed by atoms with Gasteiger partial charge in [-0.2, -0.15) is 0 Å². The number of aldehydes is 1. The van der Waals surface area contributed by atoms with Gasteiger partial charge in [0.2, 0.25) is 0 Å². The predicted molar refractivity (Wildman–Crippen MR) is 61.6 cm³/mol. The molecule has 0 aliphatic rings. The molecule has 1 aromatic carbocycles. The van der Waals surface area contributed by atoms with Gasteiger partial charge in [0.1, 0.15) is 12.0 Å². The first kappa shape index (κ1) is 11.5. The molecule has 80 valence electrons. The monoisotopic (exact) mass is 204 g/mol. The number of phenols is 1. The molecule has 0 aliphatic carbocycles. The normalized spacial score (nSPS) is 12.6. The summed E-state index contributed by atoms with van der Waals surface area (Å²) in [4.78, 5) is 10.6. The van der Waals surface area contributed by atoms with Gasteiger partial charge in [0.25, 0.3) is 0 Å². The average molecular weight is 204 g/mol. The van der Waals surface area contributed by atoms with Crippen LogP contribution in [0, 0.1) is 5.41 Å². The molecule has 1 rings (SSSR count). The molecule has 0 aliphatic heterocycles. The van der Waals surface area contributed by atoms with Crippen molar-refractivity contribution in [2.45, 2.75) is 20.8 Å². The Bertz CT molecular complexity index is 384. The molecule has 0 unspecified atom stereocenters. The van der Waals surface area contributed by atoms with Gasteiger partial charge in [0.15, 0.2) is 0 Å². The number of carbonyl (C=O) groups excluding carboxylic acids is 1. The number of allylic oxidation sites excluding steroid dienone is 2. The molecule has 0 amide bonds. The highest BCUT2D eigenvalue weighted by Crippen LogP contribution is 2.34. The van der Waals surface area contributed by atoms with Gasteiger partial charge in [-0.25, -0.2) is 0 Å². The first-order chi connectivity index (χ1) is 6.95. The van der Waals surface area contributed by atoms with E-state index in [1.54, 1.807) is 24.3 Å². The fourth-order valence-corrected chi connectivity index (χ4v) is 1.52. The molecular formula is C13H16O2. The van der Waals surface area contributed by atoms with E-state index in [4.69, 9.17) is 0 Å². The maximum absolute atomic E-state index is 10.6. The van der Waals surface area contributed by atoms with Crippen molar-refractivity contribution < 1.29 is 9.90 Å². The Kier molecular flexibility index (Phi) is 3.30. The third kappa shape index (κ3) is 2.94. The number of benzene rings is 1. The lowest BCUT2D eigenvalue weighted by Gasteiger charge is -2.22. The second kappa shape index (κ2) is 4.30. The molecule has 2 nitrogen and oxygen atoms in total. The third-order valence-electron chi connectivity index (χ3n) is 2.20. The lowest BCUT2D eigenvalue weighted by Crippen LogP contribution is -2.08. The van der Waals surface area contributed by atoms with Gasteiger partial charge in [-0.05, 0) is 34.8 Å². The molecule has 0 radical (unpaired) electrons. The van der Waals surface area contributed by atoms with E-state index in [-0.39, 0.29) is 11.2 Å². The van der Waals surface area contributed by atoms with Gasteiger partial charge in [0.05, 0.1) is 0 Å². The summed E-state index contributed by atoms with van der Waals surface area (Å²) in [7, 11) is 0. The lowest BCUT2D eigenvalue weighted by atomic mass is 9.82. The molecule has 0 saturated heterocycles. The number of rotatable bonds is 2. The average Bonchev–Trinajstić information content (AvgIpc) is 2.12. The van der Waals surface area contributed by atoms with Crippen LogP contribution in [0.25, 0.3) is 5.57 Å². The van der Waals surface area contributed by atoms with Gasteiger partial charge in [-0.15, -0.1) is 0 Å². The Balaban J connectivity index is 3.23. The van der Waals surface area contributed by atoms with Gasteiger partial charge in [-0.1, -0.05) is 32.9 Å². The van der Waals surface area contributed by atoms with E-state index in [9.17, 15) is 9.90 Å². The quantitative estimate of drug-likeness (QED) is 0.594. The van der Waals surface area contributed by atoms with Crippen molar-refractivity contribution >= 4 is 11.9 Å². The number of hydrogen-bond acceptors (Lipinski definition) is 2. The zero-order valence-electron chi connectivity index (χ0n) is 9.32. The molecule has 0 heterocycles. The van der Waals surface area contributed by atoms with Gasteiger partial charge in [-0.3, -0.25) is 4.79 Å². The van der Waals surface area contributed by atoms with Crippen molar-refractivity contribution in [3.8, 4) is 5.75 Å². The minimum absolute atomic E-state index is 0.116. The van der Waals surface area contributed by atoms with Crippen LogP contribution in [0.15, 0.2) is 30.3 Å². The number of hydrogen-bond donors (Lipinski definition) is 1. The summed E-state index contributed by atoms with van der Waals surface area (Å²) in [5, 5.41) is 9.38. The smallest absolute Gasteiger partial charge is 0.143 e. The molecule has 0 fully saturated rings. The van der Waals surface area contributed by atoms with E-state index in [2.05, 4.69) is 0 Å². The van der Waals surface area contributed by atoms with E-state index in [1.807, 2.05) is 26.8 Å². The van der Waals surface area contributed by atoms with Crippen LogP contribution in [-0.2, 0) is 4.79 Å². The molecule has 0 aromatic heterocycles. The third-order valence-corrected chi connectivity index (χ3v) is 2.20. The predicted octanol–water partition coefficient (Wildman–Crippen LogP) is 3.02. The fraction of sp³-hybridized carbons (Fsp3) is 0.308. The van der Waals surface area contributed by atoms with Gasteiger partial charge >= 0.3 is 0 Å². The molecule has 15 heavy (non-hydrogen) atoms. The van der Waals surface area contributed by atoms with Gasteiger partial charge in [0, 0.05) is 0 Å². The van der Waals surface area contributed by atoms with Crippen LogP contribution in [0.3, 0.4) is 0 Å². The van der Waals surface area contributed by atoms with Crippen molar-refractivity contribution in [2.75, 3.05) is 0 Å². The molecule has 0 bridgehead atoms. The summed E-state index contributed by atoms with van der Waals surface area (Å²) in [6.45, 7) is 6.10. The Hall–Kier alpha value is -1.57. The fourth-order valence-electron chi connectivity index (χ4n) is 1.52. The summed E-state index contributed by atoms with van der Waals surface area (Å²) in [5.41, 5.74) is 1.69. The highest BCUT2D eigenvalue weighted by molar-refractivity contribution is 5.83. The second-order valence-electron chi connectivity index (χ2n) is 4.52. The van der Waals surface area contributed by atoms with Crippen LogP contribution < -0.4 is 0 Å². The van der Waals surface area contributed by atoms with Crippen LogP contribution in [0.1, 0.15) is 26.3 Å². The first-order valence-corrected chi connectivity index (χ1v) is 4.90. The van der Waals surface area contributed by atoms with E-state index >= 15 is 0 Å². The molecule has 0 saturated carbocycles. The summed E-state index contributed by atoms with van der Waals surface area (Å²) >= 11 is 0. The topological polar surface area (TPSA) is 37.3 Å². The van der Waals surface area contributed by atoms with Crippen molar-refractivity contribution in [1.82, 2.24) is 0 Å². The zero-order chi connectivity index (χ0) is 11.5. The Labute approximate surface area is 90.3 Å². The molecule has 1 N–H and O–H groups in total. The summed E-state index contributed by atoms with van der Waals surface area (Å²) < 4.78 is 0. The van der Waals surface area contributed by atoms with E-state index in [0.717, 1.165) is 17.4 Å². The van der Waals surface area contributed by atoms with Crippen LogP contribution in [0.5, 0.6) is 5.75 Å². The number of phenolic OH excluding ortho intramolecular Hbond substituents is 1. The highest BCUT2D eigenvalue weighted by atomic mass is 16.3. The first-order valence-electron chi connectivity index (χ1n) is 4.90. The summed E-state index contributed by atoms with van der Waals surface area (Å²) in [6, 6.07) is 6.95. The summed E-state index contributed by atoms with van der Waals surface area (Å²) in [5.74, 6) is 0.216. The van der Waals surface area contributed by atoms with Crippen LogP contribution >= 0.6 is 0 Å². The molecule has 2 heteroatoms. The van der Waals surface area contributed by atoms with Crippen LogP contribution in [0.2, 0.25) is 0 Å². The van der Waals surface area contributed by atoms with Crippen molar-refractivity contribution in [2.24, 2.45) is 5.41 Å². The Morgan fingerprint density at radius 2 is 2.00 bits per heavy atom. The molecule has 1 aromatic rings. The Morgan fingerprint density at radius 1 is 1.33 bits per heavy atom. The number of carbonyl (C=O) groups is 1. The maximum Gasteiger partial charge on any atom is 0.143 e. The zero-order valence-corrected chi connectivity index (χ0v) is 9.32.